The minimum absolute atomic E-state index is 0.0405. The molecule has 4 rings (SSSR count). The van der Waals surface area contributed by atoms with Gasteiger partial charge in [0.25, 0.3) is 8.32 Å². The van der Waals surface area contributed by atoms with Crippen molar-refractivity contribution in [3.63, 3.8) is 0 Å². The van der Waals surface area contributed by atoms with E-state index in [9.17, 15) is 9.90 Å². The van der Waals surface area contributed by atoms with E-state index >= 15 is 0 Å². The molecule has 0 aromatic heterocycles. The first-order valence-corrected chi connectivity index (χ1v) is 14.4. The monoisotopic (exact) mass is 500 g/mol. The highest BCUT2D eigenvalue weighted by atomic mass is 28.4. The van der Waals surface area contributed by atoms with Crippen molar-refractivity contribution in [3.8, 4) is 0 Å². The molecule has 1 unspecified atom stereocenters. The van der Waals surface area contributed by atoms with Crippen molar-refractivity contribution >= 4 is 24.8 Å². The summed E-state index contributed by atoms with van der Waals surface area (Å²) in [6.45, 7) is 8.79. The van der Waals surface area contributed by atoms with Gasteiger partial charge in [0.05, 0.1) is 6.61 Å². The van der Waals surface area contributed by atoms with Gasteiger partial charge in [-0.1, -0.05) is 118 Å². The molecule has 2 N–H and O–H groups in total. The molecular formula is C30H36N2O3Si. The fourth-order valence-corrected chi connectivity index (χ4v) is 9.84. The lowest BCUT2D eigenvalue weighted by molar-refractivity contribution is 0.124. The Morgan fingerprint density at radius 2 is 1.47 bits per heavy atom. The molecular weight excluding hydrogens is 464 g/mol. The Labute approximate surface area is 215 Å². The van der Waals surface area contributed by atoms with Gasteiger partial charge in [0.15, 0.2) is 0 Å². The van der Waals surface area contributed by atoms with Gasteiger partial charge in [-0.05, 0) is 21.0 Å². The number of benzene rings is 3. The lowest BCUT2D eigenvalue weighted by Crippen LogP contribution is -2.67. The molecule has 1 amide bonds. The van der Waals surface area contributed by atoms with E-state index in [4.69, 9.17) is 4.43 Å². The second-order valence-corrected chi connectivity index (χ2v) is 14.7. The van der Waals surface area contributed by atoms with E-state index in [-0.39, 0.29) is 11.1 Å². The number of carbonyl (C=O) groups is 1. The summed E-state index contributed by atoms with van der Waals surface area (Å²) in [6, 6.07) is 31.7. The molecule has 5 nitrogen and oxygen atoms in total. The molecule has 36 heavy (non-hydrogen) atoms. The minimum Gasteiger partial charge on any atom is -0.465 e. The van der Waals surface area contributed by atoms with Gasteiger partial charge in [-0.15, -0.1) is 0 Å². The molecule has 188 valence electrons. The molecule has 0 bridgehead atoms. The minimum atomic E-state index is -2.69. The maximum absolute atomic E-state index is 11.4. The van der Waals surface area contributed by atoms with Crippen LogP contribution >= 0.6 is 0 Å². The number of hydrogen-bond donors (Lipinski definition) is 2. The van der Waals surface area contributed by atoms with Crippen LogP contribution < -0.4 is 15.7 Å². The van der Waals surface area contributed by atoms with Crippen LogP contribution in [0.4, 0.5) is 4.79 Å². The smallest absolute Gasteiger partial charge is 0.408 e. The first-order chi connectivity index (χ1) is 17.3. The first kappa shape index (κ1) is 25.9. The summed E-state index contributed by atoms with van der Waals surface area (Å²) in [4.78, 5) is 13.8. The lowest BCUT2D eigenvalue weighted by Gasteiger charge is -2.45. The summed E-state index contributed by atoms with van der Waals surface area (Å²) in [5.41, 5.74) is 1.97. The standard InChI is InChI=1S/C30H36N2O3Si/c1-30(2,3)36(27-15-9-5-10-16-27,28-17-11-6-12-18-28)35-23-26-21-25(31-29(33)34)19-20-32(26)22-24-13-7-4-8-14-24/h4-19,26,31H,20-23H2,1-3H3,(H,33,34). The van der Waals surface area contributed by atoms with Gasteiger partial charge in [-0.3, -0.25) is 10.2 Å². The van der Waals surface area contributed by atoms with E-state index in [1.54, 1.807) is 0 Å². The maximum Gasteiger partial charge on any atom is 0.408 e. The van der Waals surface area contributed by atoms with Crippen molar-refractivity contribution in [1.29, 1.82) is 0 Å². The Hall–Kier alpha value is -3.19. The molecule has 3 aromatic carbocycles. The molecule has 0 saturated carbocycles. The van der Waals surface area contributed by atoms with Crippen molar-refractivity contribution in [3.05, 3.63) is 108 Å². The van der Waals surface area contributed by atoms with E-state index in [1.165, 1.54) is 15.9 Å². The summed E-state index contributed by atoms with van der Waals surface area (Å²) in [5.74, 6) is 0. The van der Waals surface area contributed by atoms with Crippen molar-refractivity contribution < 1.29 is 14.3 Å². The van der Waals surface area contributed by atoms with E-state index in [1.807, 2.05) is 24.3 Å². The SMILES string of the molecule is CC(C)(C)[Si](OCC1CC(NC(=O)O)=CCN1Cc1ccccc1)(c1ccccc1)c1ccccc1. The fourth-order valence-electron chi connectivity index (χ4n) is 5.24. The molecule has 3 aromatic rings. The number of nitrogens with one attached hydrogen (secondary N) is 1. The highest BCUT2D eigenvalue weighted by molar-refractivity contribution is 6.99. The molecule has 0 saturated heterocycles. The molecule has 1 heterocycles. The number of hydrogen-bond acceptors (Lipinski definition) is 3. The quantitative estimate of drug-likeness (QED) is 0.428. The van der Waals surface area contributed by atoms with Crippen LogP contribution in [0, 0.1) is 0 Å². The summed E-state index contributed by atoms with van der Waals surface area (Å²) < 4.78 is 7.22. The highest BCUT2D eigenvalue weighted by Gasteiger charge is 2.50. The van der Waals surface area contributed by atoms with Crippen molar-refractivity contribution in [2.24, 2.45) is 0 Å². The summed E-state index contributed by atoms with van der Waals surface area (Å²) >= 11 is 0. The van der Waals surface area contributed by atoms with E-state index in [2.05, 4.69) is 104 Å². The first-order valence-electron chi connectivity index (χ1n) is 12.5. The fraction of sp³-hybridized carbons (Fsp3) is 0.300. The van der Waals surface area contributed by atoms with E-state index in [0.29, 0.717) is 19.6 Å². The normalized spacial score (nSPS) is 16.9. The Bertz CT molecular complexity index is 1120. The largest absolute Gasteiger partial charge is 0.465 e. The van der Waals surface area contributed by atoms with Crippen LogP contribution in [0.15, 0.2) is 103 Å². The van der Waals surface area contributed by atoms with Crippen LogP contribution in [-0.4, -0.2) is 43.6 Å². The van der Waals surface area contributed by atoms with Gasteiger partial charge in [-0.25, -0.2) is 4.79 Å². The van der Waals surface area contributed by atoms with Crippen LogP contribution in [0.1, 0.15) is 32.8 Å². The molecule has 1 aliphatic rings. The van der Waals surface area contributed by atoms with Crippen molar-refractivity contribution in [2.75, 3.05) is 13.2 Å². The van der Waals surface area contributed by atoms with E-state index in [0.717, 1.165) is 12.2 Å². The Morgan fingerprint density at radius 1 is 0.944 bits per heavy atom. The van der Waals surface area contributed by atoms with Gasteiger partial charge in [0, 0.05) is 31.2 Å². The zero-order chi connectivity index (χ0) is 25.6. The molecule has 6 heteroatoms. The third kappa shape index (κ3) is 5.78. The summed E-state index contributed by atoms with van der Waals surface area (Å²) in [6.07, 6.45) is 1.55. The van der Waals surface area contributed by atoms with Gasteiger partial charge in [0.1, 0.15) is 0 Å². The third-order valence-corrected chi connectivity index (χ3v) is 12.0. The highest BCUT2D eigenvalue weighted by Crippen LogP contribution is 2.37. The maximum atomic E-state index is 11.4. The van der Waals surface area contributed by atoms with Crippen LogP contribution in [0.5, 0.6) is 0 Å². The Kier molecular flexibility index (Phi) is 8.09. The molecule has 1 atom stereocenters. The van der Waals surface area contributed by atoms with Crippen molar-refractivity contribution in [2.45, 2.75) is 44.8 Å². The molecule has 0 fully saturated rings. The van der Waals surface area contributed by atoms with Gasteiger partial charge >= 0.3 is 6.09 Å². The zero-order valence-corrected chi connectivity index (χ0v) is 22.4. The molecule has 0 spiro atoms. The van der Waals surface area contributed by atoms with Crippen molar-refractivity contribution in [1.82, 2.24) is 10.2 Å². The number of amides is 1. The number of nitrogens with zero attached hydrogens (tertiary/aromatic N) is 1. The van der Waals surface area contributed by atoms with E-state index < -0.39 is 14.4 Å². The van der Waals surface area contributed by atoms with Crippen LogP contribution in [0.2, 0.25) is 5.04 Å². The Balaban J connectivity index is 1.69. The van der Waals surface area contributed by atoms with Gasteiger partial charge in [-0.2, -0.15) is 0 Å². The van der Waals surface area contributed by atoms with Crippen LogP contribution in [0.3, 0.4) is 0 Å². The zero-order valence-electron chi connectivity index (χ0n) is 21.4. The second-order valence-electron chi connectivity index (χ2n) is 10.4. The average Bonchev–Trinajstić information content (AvgIpc) is 2.86. The third-order valence-electron chi connectivity index (χ3n) is 6.95. The summed E-state index contributed by atoms with van der Waals surface area (Å²) in [7, 11) is -2.69. The predicted molar refractivity (Wildman–Crippen MR) is 148 cm³/mol. The molecule has 1 aliphatic heterocycles. The predicted octanol–water partition coefficient (Wildman–Crippen LogP) is 4.99. The molecule has 0 radical (unpaired) electrons. The van der Waals surface area contributed by atoms with Gasteiger partial charge < -0.3 is 9.53 Å². The Morgan fingerprint density at radius 3 is 1.97 bits per heavy atom. The van der Waals surface area contributed by atoms with Crippen LogP contribution in [-0.2, 0) is 11.0 Å². The van der Waals surface area contributed by atoms with Gasteiger partial charge in [0.2, 0.25) is 0 Å². The average molecular weight is 501 g/mol. The lowest BCUT2D eigenvalue weighted by atomic mass is 10.0. The molecule has 0 aliphatic carbocycles. The number of rotatable bonds is 8. The van der Waals surface area contributed by atoms with Crippen LogP contribution in [0.25, 0.3) is 0 Å². The second kappa shape index (κ2) is 11.2. The topological polar surface area (TPSA) is 61.8 Å². The number of carboxylic acid groups (broad SMARTS) is 1. The summed E-state index contributed by atoms with van der Waals surface area (Å²) in [5, 5.41) is 14.3.